The number of nitrogens with one attached hydrogen (secondary N) is 1. The Kier molecular flexibility index (Phi) is 5.44. The minimum Gasteiger partial charge on any atom is -0.326 e. The molecule has 1 saturated heterocycles. The largest absolute Gasteiger partial charge is 0.326 e. The van der Waals surface area contributed by atoms with E-state index in [1.54, 1.807) is 0 Å². The van der Waals surface area contributed by atoms with Crippen molar-refractivity contribution in [3.8, 4) is 0 Å². The first-order valence-corrected chi connectivity index (χ1v) is 9.18. The lowest BCUT2D eigenvalue weighted by atomic mass is 9.97. The normalized spacial score (nSPS) is 17.4. The highest BCUT2D eigenvalue weighted by molar-refractivity contribution is 7.86. The summed E-state index contributed by atoms with van der Waals surface area (Å²) in [5, 5.41) is 2.98. The van der Waals surface area contributed by atoms with E-state index in [0.29, 0.717) is 25.9 Å². The van der Waals surface area contributed by atoms with E-state index in [0.717, 1.165) is 16.8 Å². The predicted molar refractivity (Wildman–Crippen MR) is 91.4 cm³/mol. The van der Waals surface area contributed by atoms with Crippen LogP contribution >= 0.6 is 0 Å². The van der Waals surface area contributed by atoms with Crippen LogP contribution < -0.4 is 5.32 Å². The van der Waals surface area contributed by atoms with Gasteiger partial charge in [0.05, 0.1) is 0 Å². The van der Waals surface area contributed by atoms with Crippen LogP contribution in [0.1, 0.15) is 24.0 Å². The lowest BCUT2D eigenvalue weighted by Crippen LogP contribution is -2.46. The van der Waals surface area contributed by atoms with Gasteiger partial charge in [-0.1, -0.05) is 12.1 Å². The first-order chi connectivity index (χ1) is 10.7. The molecule has 128 valence electrons. The summed E-state index contributed by atoms with van der Waals surface area (Å²) in [6.07, 6.45) is 1.09. The van der Waals surface area contributed by atoms with Gasteiger partial charge in [0.15, 0.2) is 0 Å². The molecule has 0 bridgehead atoms. The molecule has 0 spiro atoms. The zero-order valence-electron chi connectivity index (χ0n) is 14.2. The van der Waals surface area contributed by atoms with E-state index >= 15 is 0 Å². The molecule has 1 aliphatic heterocycles. The zero-order valence-corrected chi connectivity index (χ0v) is 15.0. The molecule has 1 heterocycles. The summed E-state index contributed by atoms with van der Waals surface area (Å²) in [6, 6.07) is 5.83. The van der Waals surface area contributed by atoms with Gasteiger partial charge in [-0.05, 0) is 43.9 Å². The molecule has 0 aromatic heterocycles. The second kappa shape index (κ2) is 6.98. The first kappa shape index (κ1) is 17.9. The van der Waals surface area contributed by atoms with E-state index in [4.69, 9.17) is 0 Å². The van der Waals surface area contributed by atoms with E-state index in [2.05, 4.69) is 5.32 Å². The number of piperidine rings is 1. The Morgan fingerprint density at radius 3 is 2.39 bits per heavy atom. The summed E-state index contributed by atoms with van der Waals surface area (Å²) < 4.78 is 26.8. The van der Waals surface area contributed by atoms with Gasteiger partial charge in [-0.3, -0.25) is 4.79 Å². The SMILES string of the molecule is Cc1cccc(NC(=O)C2CCN(S(=O)(=O)N(C)C)CC2)c1C. The minimum atomic E-state index is -3.39. The molecule has 0 saturated carbocycles. The van der Waals surface area contributed by atoms with Crippen molar-refractivity contribution >= 4 is 21.8 Å². The van der Waals surface area contributed by atoms with Gasteiger partial charge < -0.3 is 5.32 Å². The van der Waals surface area contributed by atoms with Crippen LogP contribution in [-0.4, -0.2) is 50.1 Å². The van der Waals surface area contributed by atoms with Crippen molar-refractivity contribution in [3.63, 3.8) is 0 Å². The number of benzene rings is 1. The Morgan fingerprint density at radius 2 is 1.83 bits per heavy atom. The molecular weight excluding hydrogens is 314 g/mol. The van der Waals surface area contributed by atoms with Gasteiger partial charge in [0.2, 0.25) is 5.91 Å². The van der Waals surface area contributed by atoms with Gasteiger partial charge in [0.1, 0.15) is 0 Å². The monoisotopic (exact) mass is 339 g/mol. The summed E-state index contributed by atoms with van der Waals surface area (Å²) in [5.74, 6) is -0.177. The van der Waals surface area contributed by atoms with Crippen LogP contribution in [-0.2, 0) is 15.0 Å². The molecule has 2 rings (SSSR count). The number of carbonyl (C=O) groups is 1. The average molecular weight is 339 g/mol. The van der Waals surface area contributed by atoms with Crippen molar-refractivity contribution < 1.29 is 13.2 Å². The fraction of sp³-hybridized carbons (Fsp3) is 0.562. The number of hydrogen-bond donors (Lipinski definition) is 1. The molecule has 1 aromatic rings. The topological polar surface area (TPSA) is 69.7 Å². The molecule has 1 aromatic carbocycles. The maximum atomic E-state index is 12.4. The number of hydrogen-bond acceptors (Lipinski definition) is 3. The smallest absolute Gasteiger partial charge is 0.281 e. The first-order valence-electron chi connectivity index (χ1n) is 7.78. The molecule has 6 nitrogen and oxygen atoms in total. The molecule has 1 N–H and O–H groups in total. The van der Waals surface area contributed by atoms with E-state index in [9.17, 15) is 13.2 Å². The average Bonchev–Trinajstić information content (AvgIpc) is 2.51. The van der Waals surface area contributed by atoms with Crippen LogP contribution in [0.5, 0.6) is 0 Å². The summed E-state index contributed by atoms with van der Waals surface area (Å²) in [7, 11) is -0.340. The zero-order chi connectivity index (χ0) is 17.2. The third kappa shape index (κ3) is 3.91. The molecule has 1 fully saturated rings. The molecule has 7 heteroatoms. The Labute approximate surface area is 138 Å². The Morgan fingerprint density at radius 1 is 1.22 bits per heavy atom. The van der Waals surface area contributed by atoms with Crippen LogP contribution in [0.15, 0.2) is 18.2 Å². The van der Waals surface area contributed by atoms with Gasteiger partial charge in [-0.2, -0.15) is 17.0 Å². The fourth-order valence-electron chi connectivity index (χ4n) is 2.70. The molecule has 0 aliphatic carbocycles. The predicted octanol–water partition coefficient (Wildman–Crippen LogP) is 1.76. The van der Waals surface area contributed by atoms with Gasteiger partial charge in [-0.15, -0.1) is 0 Å². The van der Waals surface area contributed by atoms with Crippen molar-refractivity contribution in [2.24, 2.45) is 5.92 Å². The molecule has 0 unspecified atom stereocenters. The maximum Gasteiger partial charge on any atom is 0.281 e. The van der Waals surface area contributed by atoms with Crippen LogP contribution in [0, 0.1) is 19.8 Å². The summed E-state index contributed by atoms with van der Waals surface area (Å²) in [4.78, 5) is 12.4. The summed E-state index contributed by atoms with van der Waals surface area (Å²) in [5.41, 5.74) is 3.03. The number of carbonyl (C=O) groups excluding carboxylic acids is 1. The minimum absolute atomic E-state index is 0.0272. The van der Waals surface area contributed by atoms with Crippen molar-refractivity contribution in [1.29, 1.82) is 0 Å². The van der Waals surface area contributed by atoms with Crippen molar-refractivity contribution in [1.82, 2.24) is 8.61 Å². The van der Waals surface area contributed by atoms with E-state index in [1.165, 1.54) is 22.7 Å². The molecule has 0 atom stereocenters. The van der Waals surface area contributed by atoms with Crippen LogP contribution in [0.25, 0.3) is 0 Å². The second-order valence-corrected chi connectivity index (χ2v) is 8.34. The van der Waals surface area contributed by atoms with Crippen LogP contribution in [0.2, 0.25) is 0 Å². The third-order valence-electron chi connectivity index (χ3n) is 4.47. The van der Waals surface area contributed by atoms with Gasteiger partial charge in [0, 0.05) is 38.8 Å². The quantitative estimate of drug-likeness (QED) is 0.909. The van der Waals surface area contributed by atoms with Gasteiger partial charge >= 0.3 is 0 Å². The van der Waals surface area contributed by atoms with Crippen LogP contribution in [0.4, 0.5) is 5.69 Å². The number of nitrogens with zero attached hydrogens (tertiary/aromatic N) is 2. The third-order valence-corrected chi connectivity index (χ3v) is 6.42. The second-order valence-electron chi connectivity index (χ2n) is 6.20. The highest BCUT2D eigenvalue weighted by atomic mass is 32.2. The van der Waals surface area contributed by atoms with Gasteiger partial charge in [-0.25, -0.2) is 0 Å². The summed E-state index contributed by atoms with van der Waals surface area (Å²) >= 11 is 0. The summed E-state index contributed by atoms with van der Waals surface area (Å²) in [6.45, 7) is 4.75. The number of rotatable bonds is 4. The van der Waals surface area contributed by atoms with E-state index in [1.807, 2.05) is 32.0 Å². The van der Waals surface area contributed by atoms with Crippen LogP contribution in [0.3, 0.4) is 0 Å². The highest BCUT2D eigenvalue weighted by Gasteiger charge is 2.32. The standard InChI is InChI=1S/C16H25N3O3S/c1-12-6-5-7-15(13(12)2)17-16(20)14-8-10-19(11-9-14)23(21,22)18(3)4/h5-7,14H,8-11H2,1-4H3,(H,17,20). The highest BCUT2D eigenvalue weighted by Crippen LogP contribution is 2.24. The lowest BCUT2D eigenvalue weighted by molar-refractivity contribution is -0.120. The van der Waals surface area contributed by atoms with Gasteiger partial charge in [0.25, 0.3) is 10.2 Å². The van der Waals surface area contributed by atoms with Crippen molar-refractivity contribution in [2.45, 2.75) is 26.7 Å². The Hall–Kier alpha value is -1.44. The number of anilines is 1. The molecule has 1 aliphatic rings. The lowest BCUT2D eigenvalue weighted by Gasteiger charge is -2.32. The molecule has 1 amide bonds. The number of aryl methyl sites for hydroxylation is 1. The maximum absolute atomic E-state index is 12.4. The molecular formula is C16H25N3O3S. The van der Waals surface area contributed by atoms with E-state index < -0.39 is 10.2 Å². The van der Waals surface area contributed by atoms with Crippen molar-refractivity contribution in [2.75, 3.05) is 32.5 Å². The Bertz CT molecular complexity index is 678. The fourth-order valence-corrected chi connectivity index (χ4v) is 3.84. The molecule has 23 heavy (non-hydrogen) atoms. The van der Waals surface area contributed by atoms with E-state index in [-0.39, 0.29) is 11.8 Å². The van der Waals surface area contributed by atoms with Crippen molar-refractivity contribution in [3.05, 3.63) is 29.3 Å². The number of amides is 1. The molecule has 0 radical (unpaired) electrons. The Balaban J connectivity index is 1.98.